The van der Waals surface area contributed by atoms with Gasteiger partial charge in [-0.05, 0) is 12.1 Å². The van der Waals surface area contributed by atoms with Gasteiger partial charge in [-0.15, -0.1) is 0 Å². The first kappa shape index (κ1) is 12.2. The summed E-state index contributed by atoms with van der Waals surface area (Å²) in [5, 5.41) is 8.51. The zero-order chi connectivity index (χ0) is 13.3. The first-order valence-electron chi connectivity index (χ1n) is 4.98. The van der Waals surface area contributed by atoms with Crippen molar-refractivity contribution in [2.75, 3.05) is 0 Å². The fourth-order valence-corrected chi connectivity index (χ4v) is 1.59. The van der Waals surface area contributed by atoms with Gasteiger partial charge in [0.2, 0.25) is 0 Å². The predicted molar refractivity (Wildman–Crippen MR) is 55.6 cm³/mol. The molecule has 0 radical (unpaired) electrons. The molecule has 0 saturated carbocycles. The van der Waals surface area contributed by atoms with Crippen LogP contribution in [0.5, 0.6) is 0 Å². The SMILES string of the molecule is N#CC(Cn1c(=O)oc2ccccc21)C(F)(F)F. The van der Waals surface area contributed by atoms with Crippen molar-refractivity contribution >= 4 is 11.1 Å². The van der Waals surface area contributed by atoms with Gasteiger partial charge < -0.3 is 4.42 Å². The van der Waals surface area contributed by atoms with Crippen LogP contribution >= 0.6 is 0 Å². The van der Waals surface area contributed by atoms with Crippen molar-refractivity contribution < 1.29 is 17.6 Å². The number of nitrogens with zero attached hydrogens (tertiary/aromatic N) is 2. The molecular formula is C11H7F3N2O2. The molecule has 0 fully saturated rings. The fourth-order valence-electron chi connectivity index (χ4n) is 1.59. The van der Waals surface area contributed by atoms with Crippen LogP contribution in [0.2, 0.25) is 0 Å². The predicted octanol–water partition coefficient (Wildman–Crippen LogP) is 2.30. The third-order valence-corrected chi connectivity index (χ3v) is 2.49. The van der Waals surface area contributed by atoms with Crippen LogP contribution in [0.15, 0.2) is 33.5 Å². The second-order valence-electron chi connectivity index (χ2n) is 3.67. The zero-order valence-corrected chi connectivity index (χ0v) is 8.94. The van der Waals surface area contributed by atoms with Gasteiger partial charge in [-0.3, -0.25) is 4.57 Å². The monoisotopic (exact) mass is 256 g/mol. The highest BCUT2D eigenvalue weighted by molar-refractivity contribution is 5.72. The van der Waals surface area contributed by atoms with E-state index in [9.17, 15) is 18.0 Å². The Hall–Kier alpha value is -2.23. The van der Waals surface area contributed by atoms with Crippen molar-refractivity contribution in [2.45, 2.75) is 12.7 Å². The summed E-state index contributed by atoms with van der Waals surface area (Å²) < 4.78 is 43.0. The normalized spacial score (nSPS) is 13.4. The van der Waals surface area contributed by atoms with Gasteiger partial charge in [0.15, 0.2) is 11.5 Å². The third-order valence-electron chi connectivity index (χ3n) is 2.49. The van der Waals surface area contributed by atoms with E-state index in [2.05, 4.69) is 0 Å². The summed E-state index contributed by atoms with van der Waals surface area (Å²) in [4.78, 5) is 11.4. The molecule has 0 N–H and O–H groups in total. The number of hydrogen-bond acceptors (Lipinski definition) is 3. The Bertz CT molecular complexity index is 663. The number of nitriles is 1. The first-order valence-corrected chi connectivity index (χ1v) is 4.98. The van der Waals surface area contributed by atoms with Crippen molar-refractivity contribution in [3.8, 4) is 6.07 Å². The van der Waals surface area contributed by atoms with Crippen LogP contribution < -0.4 is 5.76 Å². The van der Waals surface area contributed by atoms with Crippen molar-refractivity contribution in [3.05, 3.63) is 34.8 Å². The van der Waals surface area contributed by atoms with Gasteiger partial charge in [-0.2, -0.15) is 18.4 Å². The van der Waals surface area contributed by atoms with Crippen LogP contribution in [0.25, 0.3) is 11.1 Å². The molecule has 0 saturated heterocycles. The van der Waals surface area contributed by atoms with Gasteiger partial charge >= 0.3 is 11.9 Å². The van der Waals surface area contributed by atoms with Crippen molar-refractivity contribution in [3.63, 3.8) is 0 Å². The average Bonchev–Trinajstić information content (AvgIpc) is 2.60. The minimum atomic E-state index is -4.67. The van der Waals surface area contributed by atoms with Crippen molar-refractivity contribution in [2.24, 2.45) is 5.92 Å². The molecule has 2 aromatic rings. The lowest BCUT2D eigenvalue weighted by atomic mass is 10.1. The highest BCUT2D eigenvalue weighted by Crippen LogP contribution is 2.27. The van der Waals surface area contributed by atoms with E-state index in [-0.39, 0.29) is 11.1 Å². The number of alkyl halides is 3. The molecule has 1 heterocycles. The van der Waals surface area contributed by atoms with E-state index in [4.69, 9.17) is 9.68 Å². The summed E-state index contributed by atoms with van der Waals surface area (Å²) in [6.07, 6.45) is -4.67. The summed E-state index contributed by atoms with van der Waals surface area (Å²) in [7, 11) is 0. The maximum Gasteiger partial charge on any atom is 0.419 e. The second-order valence-corrected chi connectivity index (χ2v) is 3.67. The third kappa shape index (κ3) is 2.09. The minimum absolute atomic E-state index is 0.196. The van der Waals surface area contributed by atoms with E-state index in [1.54, 1.807) is 12.1 Å². The Morgan fingerprint density at radius 2 is 2.06 bits per heavy atom. The second kappa shape index (κ2) is 4.22. The number of benzene rings is 1. The molecule has 1 unspecified atom stereocenters. The van der Waals surface area contributed by atoms with Crippen molar-refractivity contribution in [1.29, 1.82) is 5.26 Å². The zero-order valence-electron chi connectivity index (χ0n) is 8.94. The molecule has 2 rings (SSSR count). The summed E-state index contributed by atoms with van der Waals surface area (Å²) in [5.74, 6) is -3.14. The molecule has 0 amide bonds. The molecule has 1 aromatic carbocycles. The molecule has 0 aliphatic heterocycles. The molecule has 1 aromatic heterocycles. The molecule has 4 nitrogen and oxygen atoms in total. The smallest absolute Gasteiger partial charge is 0.408 e. The number of hydrogen-bond donors (Lipinski definition) is 0. The quantitative estimate of drug-likeness (QED) is 0.828. The average molecular weight is 256 g/mol. The van der Waals surface area contributed by atoms with Crippen LogP contribution in [0.1, 0.15) is 0 Å². The molecule has 1 atom stereocenters. The largest absolute Gasteiger partial charge is 0.419 e. The standard InChI is InChI=1S/C11H7F3N2O2/c12-11(13,14)7(5-15)6-16-8-3-1-2-4-9(8)18-10(16)17/h1-4,7H,6H2. The number of rotatable bonds is 2. The van der Waals surface area contributed by atoms with E-state index in [1.807, 2.05) is 0 Å². The van der Waals surface area contributed by atoms with Gasteiger partial charge in [0.25, 0.3) is 0 Å². The number of aromatic nitrogens is 1. The van der Waals surface area contributed by atoms with Gasteiger partial charge in [-0.1, -0.05) is 12.1 Å². The molecule has 0 spiro atoms. The van der Waals surface area contributed by atoms with E-state index < -0.39 is 24.4 Å². The van der Waals surface area contributed by atoms with E-state index in [0.717, 1.165) is 10.6 Å². The van der Waals surface area contributed by atoms with Gasteiger partial charge in [0, 0.05) is 0 Å². The fraction of sp³-hybridized carbons (Fsp3) is 0.273. The van der Waals surface area contributed by atoms with E-state index >= 15 is 0 Å². The molecule has 0 aliphatic rings. The summed E-state index contributed by atoms with van der Waals surface area (Å²) in [6, 6.07) is 7.25. The number of oxazole rings is 1. The van der Waals surface area contributed by atoms with Gasteiger partial charge in [0.05, 0.1) is 18.1 Å². The molecule has 7 heteroatoms. The van der Waals surface area contributed by atoms with E-state index in [0.29, 0.717) is 0 Å². The lowest BCUT2D eigenvalue weighted by molar-refractivity contribution is -0.162. The van der Waals surface area contributed by atoms with Crippen LogP contribution in [0.4, 0.5) is 13.2 Å². The molecule has 18 heavy (non-hydrogen) atoms. The number of fused-ring (bicyclic) bond motifs is 1. The number of para-hydroxylation sites is 2. The first-order chi connectivity index (χ1) is 8.43. The highest BCUT2D eigenvalue weighted by atomic mass is 19.4. The Balaban J connectivity index is 2.47. The van der Waals surface area contributed by atoms with Crippen LogP contribution in [-0.2, 0) is 6.54 Å². The maximum absolute atomic E-state index is 12.5. The van der Waals surface area contributed by atoms with Gasteiger partial charge in [-0.25, -0.2) is 4.79 Å². The highest BCUT2D eigenvalue weighted by Gasteiger charge is 2.40. The number of halogens is 3. The summed E-state index contributed by atoms with van der Waals surface area (Å²) >= 11 is 0. The Morgan fingerprint density at radius 1 is 1.39 bits per heavy atom. The van der Waals surface area contributed by atoms with Crippen LogP contribution in [0.3, 0.4) is 0 Å². The molecule has 0 aliphatic carbocycles. The Kier molecular flexibility index (Phi) is 2.87. The van der Waals surface area contributed by atoms with Crippen LogP contribution in [0, 0.1) is 17.2 Å². The summed E-state index contributed by atoms with van der Waals surface area (Å²) in [6.45, 7) is -0.768. The molecule has 0 bridgehead atoms. The lowest BCUT2D eigenvalue weighted by Gasteiger charge is -2.12. The Labute approximate surface area is 98.8 Å². The van der Waals surface area contributed by atoms with Gasteiger partial charge in [0.1, 0.15) is 0 Å². The summed E-state index contributed by atoms with van der Waals surface area (Å²) in [5.41, 5.74) is 0.438. The lowest BCUT2D eigenvalue weighted by Crippen LogP contribution is -2.29. The molecular weight excluding hydrogens is 249 g/mol. The minimum Gasteiger partial charge on any atom is -0.408 e. The van der Waals surface area contributed by atoms with E-state index in [1.165, 1.54) is 12.1 Å². The maximum atomic E-state index is 12.5. The molecule has 94 valence electrons. The topological polar surface area (TPSA) is 58.9 Å². The van der Waals surface area contributed by atoms with Crippen molar-refractivity contribution in [1.82, 2.24) is 4.57 Å². The Morgan fingerprint density at radius 3 is 2.67 bits per heavy atom. The van der Waals surface area contributed by atoms with Crippen LogP contribution in [-0.4, -0.2) is 10.7 Å².